The molecule has 3 aliphatic rings. The van der Waals surface area contributed by atoms with Crippen LogP contribution in [0.15, 0.2) is 0 Å². The lowest BCUT2D eigenvalue weighted by molar-refractivity contribution is -0.192. The van der Waals surface area contributed by atoms with Gasteiger partial charge in [-0.3, -0.25) is 0 Å². The Morgan fingerprint density at radius 3 is 2.62 bits per heavy atom. The van der Waals surface area contributed by atoms with Crippen LogP contribution in [0.1, 0.15) is 32.1 Å². The van der Waals surface area contributed by atoms with Crippen molar-refractivity contribution in [2.75, 3.05) is 53.5 Å². The molecule has 2 saturated heterocycles. The normalized spacial score (nSPS) is 33.3. The molecule has 21 heavy (non-hydrogen) atoms. The predicted molar refractivity (Wildman–Crippen MR) is 83.4 cm³/mol. The van der Waals surface area contributed by atoms with E-state index in [1.807, 2.05) is 0 Å². The number of ether oxygens (including phenoxy) is 2. The van der Waals surface area contributed by atoms with Crippen molar-refractivity contribution in [3.8, 4) is 0 Å². The van der Waals surface area contributed by atoms with E-state index in [4.69, 9.17) is 9.47 Å². The van der Waals surface area contributed by atoms with Crippen LogP contribution in [-0.4, -0.2) is 81.2 Å². The second-order valence-electron chi connectivity index (χ2n) is 6.84. The Labute approximate surface area is 128 Å². The molecule has 2 unspecified atom stereocenters. The predicted octanol–water partition coefficient (Wildman–Crippen LogP) is 0.898. The van der Waals surface area contributed by atoms with Gasteiger partial charge in [0.2, 0.25) is 0 Å². The summed E-state index contributed by atoms with van der Waals surface area (Å²) in [6.07, 6.45) is 5.90. The van der Waals surface area contributed by atoms with Crippen LogP contribution in [-0.2, 0) is 9.47 Å². The Kier molecular flexibility index (Phi) is 5.17. The van der Waals surface area contributed by atoms with Crippen molar-refractivity contribution in [2.45, 2.75) is 50.0 Å². The maximum atomic E-state index is 5.95. The van der Waals surface area contributed by atoms with Gasteiger partial charge in [0, 0.05) is 38.0 Å². The molecular formula is C16H31N3O2. The van der Waals surface area contributed by atoms with Crippen molar-refractivity contribution >= 4 is 0 Å². The molecule has 3 fully saturated rings. The lowest BCUT2D eigenvalue weighted by Gasteiger charge is -2.45. The van der Waals surface area contributed by atoms with E-state index in [0.29, 0.717) is 12.1 Å². The van der Waals surface area contributed by atoms with E-state index in [1.54, 1.807) is 0 Å². The Morgan fingerprint density at radius 1 is 1.24 bits per heavy atom. The van der Waals surface area contributed by atoms with E-state index in [0.717, 1.165) is 39.0 Å². The number of hydrogen-bond donors (Lipinski definition) is 1. The van der Waals surface area contributed by atoms with Crippen LogP contribution in [0, 0.1) is 0 Å². The fourth-order valence-electron chi connectivity index (χ4n) is 4.16. The Hall–Kier alpha value is -0.200. The van der Waals surface area contributed by atoms with Crippen molar-refractivity contribution < 1.29 is 9.47 Å². The van der Waals surface area contributed by atoms with Crippen LogP contribution in [0.4, 0.5) is 0 Å². The summed E-state index contributed by atoms with van der Waals surface area (Å²) in [5.74, 6) is -0.292. The molecule has 5 heteroatoms. The minimum absolute atomic E-state index is 0.292. The maximum Gasteiger partial charge on any atom is 0.170 e. The first-order valence-corrected chi connectivity index (χ1v) is 8.60. The van der Waals surface area contributed by atoms with Crippen molar-refractivity contribution in [1.29, 1.82) is 0 Å². The quantitative estimate of drug-likeness (QED) is 0.816. The van der Waals surface area contributed by atoms with Gasteiger partial charge in [0.1, 0.15) is 0 Å². The Morgan fingerprint density at radius 2 is 1.95 bits per heavy atom. The molecule has 0 radical (unpaired) electrons. The van der Waals surface area contributed by atoms with Gasteiger partial charge in [-0.1, -0.05) is 0 Å². The minimum Gasteiger partial charge on any atom is -0.347 e. The van der Waals surface area contributed by atoms with Gasteiger partial charge in [-0.25, -0.2) is 0 Å². The molecule has 3 rings (SSSR count). The molecule has 1 aliphatic carbocycles. The SMILES string of the molecule is CNC1CCC2(CC1N(C)CCN1CCCC1)OCCO2. The molecule has 1 saturated carbocycles. The second kappa shape index (κ2) is 6.92. The largest absolute Gasteiger partial charge is 0.347 e. The van der Waals surface area contributed by atoms with Crippen LogP contribution >= 0.6 is 0 Å². The van der Waals surface area contributed by atoms with E-state index in [9.17, 15) is 0 Å². The van der Waals surface area contributed by atoms with Crippen LogP contribution in [0.2, 0.25) is 0 Å². The first kappa shape index (κ1) is 15.7. The molecule has 1 N–H and O–H groups in total. The summed E-state index contributed by atoms with van der Waals surface area (Å²) in [5.41, 5.74) is 0. The van der Waals surface area contributed by atoms with Gasteiger partial charge in [0.05, 0.1) is 13.2 Å². The van der Waals surface area contributed by atoms with Crippen LogP contribution < -0.4 is 5.32 Å². The minimum atomic E-state index is -0.292. The smallest absolute Gasteiger partial charge is 0.170 e. The van der Waals surface area contributed by atoms with E-state index in [-0.39, 0.29) is 5.79 Å². The molecule has 0 aromatic rings. The fourth-order valence-corrected chi connectivity index (χ4v) is 4.16. The maximum absolute atomic E-state index is 5.95. The lowest BCUT2D eigenvalue weighted by Crippen LogP contribution is -2.57. The monoisotopic (exact) mass is 297 g/mol. The number of hydrogen-bond acceptors (Lipinski definition) is 5. The molecule has 122 valence electrons. The van der Waals surface area contributed by atoms with Gasteiger partial charge in [0.25, 0.3) is 0 Å². The van der Waals surface area contributed by atoms with Crippen LogP contribution in [0.25, 0.3) is 0 Å². The highest BCUT2D eigenvalue weighted by molar-refractivity contribution is 4.95. The molecule has 0 amide bonds. The highest BCUT2D eigenvalue weighted by Crippen LogP contribution is 2.37. The van der Waals surface area contributed by atoms with Gasteiger partial charge < -0.3 is 24.6 Å². The molecule has 2 heterocycles. The molecule has 2 aliphatic heterocycles. The molecule has 0 aromatic carbocycles. The molecule has 5 nitrogen and oxygen atoms in total. The van der Waals surface area contributed by atoms with E-state index in [2.05, 4.69) is 29.2 Å². The zero-order valence-corrected chi connectivity index (χ0v) is 13.6. The van der Waals surface area contributed by atoms with Crippen molar-refractivity contribution in [3.05, 3.63) is 0 Å². The molecule has 0 aromatic heterocycles. The Balaban J connectivity index is 1.56. The molecule has 1 spiro atoms. The molecule has 2 atom stereocenters. The van der Waals surface area contributed by atoms with Crippen molar-refractivity contribution in [1.82, 2.24) is 15.1 Å². The fraction of sp³-hybridized carbons (Fsp3) is 1.00. The van der Waals surface area contributed by atoms with Crippen LogP contribution in [0.3, 0.4) is 0 Å². The summed E-state index contributed by atoms with van der Waals surface area (Å²) in [7, 11) is 4.35. The summed E-state index contributed by atoms with van der Waals surface area (Å²) >= 11 is 0. The van der Waals surface area contributed by atoms with E-state index >= 15 is 0 Å². The molecular weight excluding hydrogens is 266 g/mol. The van der Waals surface area contributed by atoms with Crippen molar-refractivity contribution in [3.63, 3.8) is 0 Å². The van der Waals surface area contributed by atoms with Gasteiger partial charge >= 0.3 is 0 Å². The Bertz CT molecular complexity index is 327. The standard InChI is InChI=1S/C16H31N3O2/c1-17-14-5-6-16(20-11-12-21-16)13-15(14)18(2)9-10-19-7-3-4-8-19/h14-15,17H,3-13H2,1-2H3. The first-order valence-electron chi connectivity index (χ1n) is 8.60. The highest BCUT2D eigenvalue weighted by atomic mass is 16.7. The third-order valence-corrected chi connectivity index (χ3v) is 5.54. The first-order chi connectivity index (χ1) is 10.2. The van der Waals surface area contributed by atoms with Gasteiger partial charge in [-0.05, 0) is 46.4 Å². The number of rotatable bonds is 5. The number of nitrogens with one attached hydrogen (secondary N) is 1. The number of likely N-dealkylation sites (tertiary alicyclic amines) is 1. The van der Waals surface area contributed by atoms with E-state index < -0.39 is 0 Å². The average Bonchev–Trinajstić information content (AvgIpc) is 3.17. The summed E-state index contributed by atoms with van der Waals surface area (Å²) < 4.78 is 11.9. The van der Waals surface area contributed by atoms with Crippen LogP contribution in [0.5, 0.6) is 0 Å². The zero-order valence-electron chi connectivity index (χ0n) is 13.6. The van der Waals surface area contributed by atoms with Gasteiger partial charge in [-0.2, -0.15) is 0 Å². The van der Waals surface area contributed by atoms with Gasteiger partial charge in [0.15, 0.2) is 5.79 Å². The number of nitrogens with zero attached hydrogens (tertiary/aromatic N) is 2. The number of likely N-dealkylation sites (N-methyl/N-ethyl adjacent to an activating group) is 2. The van der Waals surface area contributed by atoms with E-state index in [1.165, 1.54) is 32.5 Å². The summed E-state index contributed by atoms with van der Waals surface area (Å²) in [6.45, 7) is 6.41. The second-order valence-corrected chi connectivity index (χ2v) is 6.84. The molecule has 0 bridgehead atoms. The summed E-state index contributed by atoms with van der Waals surface area (Å²) in [6, 6.07) is 1.05. The lowest BCUT2D eigenvalue weighted by atomic mass is 9.85. The third kappa shape index (κ3) is 3.59. The average molecular weight is 297 g/mol. The summed E-state index contributed by atoms with van der Waals surface area (Å²) in [5, 5.41) is 3.50. The van der Waals surface area contributed by atoms with Crippen molar-refractivity contribution in [2.24, 2.45) is 0 Å². The van der Waals surface area contributed by atoms with Gasteiger partial charge in [-0.15, -0.1) is 0 Å². The topological polar surface area (TPSA) is 37.0 Å². The zero-order chi connectivity index (χ0) is 14.7. The highest BCUT2D eigenvalue weighted by Gasteiger charge is 2.45. The summed E-state index contributed by atoms with van der Waals surface area (Å²) in [4.78, 5) is 5.11. The third-order valence-electron chi connectivity index (χ3n) is 5.54.